The van der Waals surface area contributed by atoms with Crippen molar-refractivity contribution in [2.45, 2.75) is 26.2 Å². The number of unbranched alkanes of at least 4 members (excludes halogenated alkanes) is 1. The minimum absolute atomic E-state index is 0.247. The Morgan fingerprint density at radius 3 is 2.62 bits per heavy atom. The summed E-state index contributed by atoms with van der Waals surface area (Å²) < 4.78 is 22.9. The highest BCUT2D eigenvalue weighted by atomic mass is 32.1. The maximum Gasteiger partial charge on any atom is 0.205 e. The number of ether oxygens (including phenoxy) is 1. The number of aromatic nitrogens is 2. The topological polar surface area (TPSA) is 65.9 Å². The highest BCUT2D eigenvalue weighted by Crippen LogP contribution is 2.19. The second-order valence-corrected chi connectivity index (χ2v) is 7.53. The fraction of sp³-hybridized carbons (Fsp3) is 0.550. The van der Waals surface area contributed by atoms with Crippen LogP contribution < -0.4 is 15.0 Å². The van der Waals surface area contributed by atoms with Gasteiger partial charge in [0.05, 0.1) is 6.61 Å². The van der Waals surface area contributed by atoms with Crippen LogP contribution in [0.5, 0.6) is 5.75 Å². The molecular weight excluding hydrogens is 391 g/mol. The summed E-state index contributed by atoms with van der Waals surface area (Å²) in [5, 5.41) is 4.46. The van der Waals surface area contributed by atoms with E-state index in [1.807, 2.05) is 7.05 Å². The predicted molar refractivity (Wildman–Crippen MR) is 116 cm³/mol. The van der Waals surface area contributed by atoms with E-state index in [2.05, 4.69) is 36.4 Å². The molecule has 1 saturated heterocycles. The average Bonchev–Trinajstić information content (AvgIpc) is 3.24. The third kappa shape index (κ3) is 6.28. The van der Waals surface area contributed by atoms with Gasteiger partial charge in [-0.15, -0.1) is 0 Å². The molecule has 9 heteroatoms. The monoisotopic (exact) mass is 420 g/mol. The Morgan fingerprint density at radius 1 is 1.21 bits per heavy atom. The van der Waals surface area contributed by atoms with E-state index in [9.17, 15) is 4.39 Å². The van der Waals surface area contributed by atoms with Crippen molar-refractivity contribution in [3.63, 3.8) is 0 Å². The number of anilines is 1. The maximum absolute atomic E-state index is 12.9. The van der Waals surface area contributed by atoms with Gasteiger partial charge in [-0.05, 0) is 37.1 Å². The number of hydrogen-bond donors (Lipinski definition) is 1. The molecule has 29 heavy (non-hydrogen) atoms. The Morgan fingerprint density at radius 2 is 1.97 bits per heavy atom. The molecule has 3 rings (SSSR count). The van der Waals surface area contributed by atoms with Gasteiger partial charge in [0.25, 0.3) is 0 Å². The van der Waals surface area contributed by atoms with Crippen LogP contribution in [0.3, 0.4) is 0 Å². The fourth-order valence-electron chi connectivity index (χ4n) is 3.11. The zero-order chi connectivity index (χ0) is 20.5. The molecule has 0 amide bonds. The van der Waals surface area contributed by atoms with Crippen LogP contribution in [0.1, 0.15) is 25.6 Å². The van der Waals surface area contributed by atoms with Crippen molar-refractivity contribution in [2.75, 3.05) is 51.3 Å². The molecule has 0 bridgehead atoms. The minimum atomic E-state index is -0.247. The Balaban J connectivity index is 1.32. The SMILES string of the molecule is CCc1nsc(N2CCN(C(=NC)NCCCCOc3ccc(F)cc3)CC2)n1. The Labute approximate surface area is 175 Å². The van der Waals surface area contributed by atoms with E-state index in [0.717, 1.165) is 68.9 Å². The van der Waals surface area contributed by atoms with Gasteiger partial charge in [0.1, 0.15) is 17.4 Å². The van der Waals surface area contributed by atoms with E-state index in [0.29, 0.717) is 12.4 Å². The van der Waals surface area contributed by atoms with Gasteiger partial charge < -0.3 is 19.9 Å². The first-order valence-corrected chi connectivity index (χ1v) is 10.9. The minimum Gasteiger partial charge on any atom is -0.494 e. The fourth-order valence-corrected chi connectivity index (χ4v) is 3.91. The zero-order valence-corrected chi connectivity index (χ0v) is 17.9. The van der Waals surface area contributed by atoms with E-state index in [1.165, 1.54) is 23.7 Å². The van der Waals surface area contributed by atoms with Crippen LogP contribution in [0.2, 0.25) is 0 Å². The predicted octanol–water partition coefficient (Wildman–Crippen LogP) is 2.80. The molecule has 0 unspecified atom stereocenters. The number of hydrogen-bond acceptors (Lipinski definition) is 6. The number of piperazine rings is 1. The third-order valence-electron chi connectivity index (χ3n) is 4.77. The van der Waals surface area contributed by atoms with Gasteiger partial charge >= 0.3 is 0 Å². The second kappa shape index (κ2) is 10.9. The molecular formula is C20H29FN6OS. The highest BCUT2D eigenvalue weighted by molar-refractivity contribution is 7.09. The summed E-state index contributed by atoms with van der Waals surface area (Å²) in [7, 11) is 1.82. The number of nitrogens with zero attached hydrogens (tertiary/aromatic N) is 5. The summed E-state index contributed by atoms with van der Waals surface area (Å²) in [5.74, 6) is 2.32. The van der Waals surface area contributed by atoms with Crippen molar-refractivity contribution in [1.82, 2.24) is 19.6 Å². The molecule has 1 fully saturated rings. The average molecular weight is 421 g/mol. The normalized spacial score (nSPS) is 14.9. The van der Waals surface area contributed by atoms with Gasteiger partial charge in [0.15, 0.2) is 5.96 Å². The van der Waals surface area contributed by atoms with Crippen LogP contribution in [0.4, 0.5) is 9.52 Å². The first-order valence-electron chi connectivity index (χ1n) is 10.1. The molecule has 1 aliphatic heterocycles. The molecule has 1 aromatic carbocycles. The van der Waals surface area contributed by atoms with Gasteiger partial charge in [-0.1, -0.05) is 6.92 Å². The zero-order valence-electron chi connectivity index (χ0n) is 17.1. The number of rotatable bonds is 8. The molecule has 0 aliphatic carbocycles. The van der Waals surface area contributed by atoms with E-state index >= 15 is 0 Å². The van der Waals surface area contributed by atoms with E-state index in [-0.39, 0.29) is 5.82 Å². The Hall–Kier alpha value is -2.42. The molecule has 158 valence electrons. The molecule has 1 N–H and O–H groups in total. The number of aryl methyl sites for hydroxylation is 1. The van der Waals surface area contributed by atoms with Crippen LogP contribution in [0.25, 0.3) is 0 Å². The summed E-state index contributed by atoms with van der Waals surface area (Å²) >= 11 is 1.49. The van der Waals surface area contributed by atoms with Crippen LogP contribution in [0.15, 0.2) is 29.3 Å². The summed E-state index contributed by atoms with van der Waals surface area (Å²) in [4.78, 5) is 13.6. The smallest absolute Gasteiger partial charge is 0.205 e. The lowest BCUT2D eigenvalue weighted by molar-refractivity contribution is 0.305. The highest BCUT2D eigenvalue weighted by Gasteiger charge is 2.21. The van der Waals surface area contributed by atoms with Crippen LogP contribution >= 0.6 is 11.5 Å². The lowest BCUT2D eigenvalue weighted by Gasteiger charge is -2.36. The van der Waals surface area contributed by atoms with E-state index in [4.69, 9.17) is 4.74 Å². The van der Waals surface area contributed by atoms with Crippen molar-refractivity contribution in [1.29, 1.82) is 0 Å². The second-order valence-electron chi connectivity index (χ2n) is 6.80. The van der Waals surface area contributed by atoms with Crippen LogP contribution in [-0.2, 0) is 6.42 Å². The summed E-state index contributed by atoms with van der Waals surface area (Å²) in [6.07, 6.45) is 2.78. The molecule has 2 aromatic rings. The van der Waals surface area contributed by atoms with E-state index < -0.39 is 0 Å². The number of nitrogens with one attached hydrogen (secondary N) is 1. The van der Waals surface area contributed by atoms with Crippen molar-refractivity contribution < 1.29 is 9.13 Å². The van der Waals surface area contributed by atoms with Crippen molar-refractivity contribution in [3.8, 4) is 5.75 Å². The molecule has 1 aromatic heterocycles. The lowest BCUT2D eigenvalue weighted by atomic mass is 10.3. The van der Waals surface area contributed by atoms with Crippen molar-refractivity contribution in [2.24, 2.45) is 4.99 Å². The van der Waals surface area contributed by atoms with Gasteiger partial charge in [-0.3, -0.25) is 4.99 Å². The molecule has 0 atom stereocenters. The lowest BCUT2D eigenvalue weighted by Crippen LogP contribution is -2.52. The first kappa shape index (κ1) is 21.3. The third-order valence-corrected chi connectivity index (χ3v) is 5.59. The summed E-state index contributed by atoms with van der Waals surface area (Å²) in [6.45, 7) is 7.20. The molecule has 0 spiro atoms. The Bertz CT molecular complexity index is 774. The van der Waals surface area contributed by atoms with Gasteiger partial charge in [0, 0.05) is 57.7 Å². The molecule has 1 aliphatic rings. The van der Waals surface area contributed by atoms with E-state index in [1.54, 1.807) is 12.1 Å². The molecule has 2 heterocycles. The number of halogens is 1. The first-order chi connectivity index (χ1) is 14.2. The van der Waals surface area contributed by atoms with Gasteiger partial charge in [-0.2, -0.15) is 4.37 Å². The number of aliphatic imine (C=N–C) groups is 1. The maximum atomic E-state index is 12.9. The van der Waals surface area contributed by atoms with Crippen LogP contribution in [0, 0.1) is 5.82 Å². The summed E-state index contributed by atoms with van der Waals surface area (Å²) in [6, 6.07) is 6.13. The quantitative estimate of drug-likeness (QED) is 0.402. The number of benzene rings is 1. The van der Waals surface area contributed by atoms with Crippen molar-refractivity contribution >= 4 is 22.6 Å². The van der Waals surface area contributed by atoms with Gasteiger partial charge in [0.2, 0.25) is 5.13 Å². The largest absolute Gasteiger partial charge is 0.494 e. The molecule has 0 radical (unpaired) electrons. The number of guanidine groups is 1. The molecule has 7 nitrogen and oxygen atoms in total. The summed E-state index contributed by atoms with van der Waals surface area (Å²) in [5.41, 5.74) is 0. The molecule has 0 saturated carbocycles. The van der Waals surface area contributed by atoms with Crippen LogP contribution in [-0.4, -0.2) is 66.6 Å². The standard InChI is InChI=1S/C20H29FN6OS/c1-3-18-24-20(29-25-18)27-13-11-26(12-14-27)19(22-2)23-10-4-5-15-28-17-8-6-16(21)7-9-17/h6-9H,3-5,10-15H2,1-2H3,(H,22,23). The Kier molecular flexibility index (Phi) is 8.03. The van der Waals surface area contributed by atoms with Gasteiger partial charge in [-0.25, -0.2) is 9.37 Å². The van der Waals surface area contributed by atoms with Crippen molar-refractivity contribution in [3.05, 3.63) is 35.9 Å².